The minimum Gasteiger partial charge on any atom is -0.484 e. The predicted octanol–water partition coefficient (Wildman–Crippen LogP) is 14.2. The summed E-state index contributed by atoms with van der Waals surface area (Å²) in [7, 11) is 17.1. The van der Waals surface area contributed by atoms with E-state index < -0.39 is 88.4 Å². The van der Waals surface area contributed by atoms with Crippen LogP contribution in [0, 0.1) is 0 Å². The fourth-order valence-electron chi connectivity index (χ4n) is 8.63. The van der Waals surface area contributed by atoms with Crippen LogP contribution >= 0.6 is 70.4 Å². The van der Waals surface area contributed by atoms with Crippen molar-refractivity contribution in [3.63, 3.8) is 0 Å². The molecule has 10 atom stereocenters. The highest BCUT2D eigenvalue weighted by Crippen LogP contribution is 2.51. The molecule has 0 aliphatic carbocycles. The number of aliphatic hydroxyl groups is 4. The van der Waals surface area contributed by atoms with E-state index in [1.807, 2.05) is 83.0 Å². The molecule has 105 heavy (non-hydrogen) atoms. The average molecular weight is 1770 g/mol. The standard InChI is InChI=1S/C31H48FN4O6PS2.C17H18FN3O5.C8H18OS2.C7H17ClNP.2CH4O.CH4.S8/c1-21(2)36(22(3)4)43(40-18-12-13-19-44-45-31(6,7)8)42-28-23(5)41-29(27(28)32)35-17-16-25(34-30(35)38)33-26(37)20-39-24-14-10-9-11-15-24;1-10-15(23)14(18)16(26-10)21-8-7-12(20-17(21)24)19-13(22)9-25-11-5-3-2-4-6-11;1-8(2,3)11-10-7-5-4-6-9;1-6(2)9(7(3)4)10(5)8;2*1-2;;1-3-5-7-8-6-4-2/h9-11,14-17,21-23,27-29H,12-13,18-20H2,1-8H3,(H,33,34,37,38);2-8,10,14-16,23H,9H2,1H3,(H,19,20,22,24);9H,4-7H2,1-3H3;6-7H,1-5H3;2*2H,1H3;1H4;/t23-,27+,28?,29-,43?;10-,14+,15?,16-;;;;;;/m11....../s1/i5D;1D;;;2*2T;;. The lowest BCUT2D eigenvalue weighted by molar-refractivity contribution is -0.118. The minimum absolute atomic E-state index is 0. The predicted molar refractivity (Wildman–Crippen MR) is 461 cm³/mol. The lowest BCUT2D eigenvalue weighted by Gasteiger charge is -2.37. The molecule has 39 heteroatoms. The molecule has 2 aliphatic heterocycles. The number of aromatic nitrogens is 4. The number of nitrogens with zero attached hydrogens (tertiary/aromatic N) is 6. The van der Waals surface area contributed by atoms with Gasteiger partial charge in [-0.15, -0.1) is 0 Å². The van der Waals surface area contributed by atoms with Gasteiger partial charge in [0.2, 0.25) is 2.86 Å². The van der Waals surface area contributed by atoms with Crippen LogP contribution in [0.4, 0.5) is 20.4 Å². The van der Waals surface area contributed by atoms with Crippen LogP contribution in [0.1, 0.15) is 159 Å². The van der Waals surface area contributed by atoms with E-state index in [9.17, 15) is 28.7 Å². The third-order valence-corrected chi connectivity index (χ3v) is 34.8. The van der Waals surface area contributed by atoms with Gasteiger partial charge in [0.25, 0.3) is 20.3 Å². The zero-order valence-electron chi connectivity index (χ0n) is 65.9. The number of hydrogen-bond donors (Lipinski definition) is 6. The van der Waals surface area contributed by atoms with Crippen LogP contribution in [-0.4, -0.2) is 193 Å². The summed E-state index contributed by atoms with van der Waals surface area (Å²) in [5.74, 6) is 2.15. The molecule has 4 aromatic rings. The normalized spacial score (nSPS) is 19.0. The number of nitrogens with one attached hydrogen (secondary N) is 2. The first-order chi connectivity index (χ1) is 51.1. The highest BCUT2D eigenvalue weighted by Gasteiger charge is 2.48. The largest absolute Gasteiger partial charge is 0.484 e. The number of unbranched alkanes of at least 4 members (excludes halogenated alkanes) is 2. The van der Waals surface area contributed by atoms with Crippen LogP contribution in [-0.2, 0) is 104 Å². The molecule has 22 nitrogen and oxygen atoms in total. The number of alkyl halides is 2. The highest BCUT2D eigenvalue weighted by atomic mass is 35.7. The van der Waals surface area contributed by atoms with Gasteiger partial charge in [-0.2, -0.15) is 9.97 Å². The number of ether oxygens (including phenoxy) is 4. The van der Waals surface area contributed by atoms with E-state index in [1.165, 1.54) is 56.5 Å². The molecule has 2 aromatic heterocycles. The second-order valence-electron chi connectivity index (χ2n) is 24.6. The number of halogens is 3. The number of carbonyl (C=O) groups excluding carboxylic acids is 2. The van der Waals surface area contributed by atoms with Crippen LogP contribution in [0.15, 0.2) is 94.8 Å². The lowest BCUT2D eigenvalue weighted by atomic mass is 10.2. The summed E-state index contributed by atoms with van der Waals surface area (Å²) in [5.41, 5.74) is -1.67. The average Bonchev–Trinajstić information content (AvgIpc) is 1.66. The van der Waals surface area contributed by atoms with Crippen molar-refractivity contribution in [2.75, 3.05) is 69.5 Å². The second-order valence-corrected chi connectivity index (χ2v) is 45.9. The van der Waals surface area contributed by atoms with Gasteiger partial charge in [-0.25, -0.2) is 23.0 Å². The van der Waals surface area contributed by atoms with Crippen molar-refractivity contribution in [3.05, 3.63) is 106 Å². The van der Waals surface area contributed by atoms with Crippen LogP contribution in [0.2, 0.25) is 0 Å². The lowest BCUT2D eigenvalue weighted by Crippen LogP contribution is -2.38. The molecule has 604 valence electrons. The Balaban J connectivity index is 0. The number of carbonyl (C=O) groups is 2. The van der Waals surface area contributed by atoms with E-state index in [0.717, 1.165) is 46.3 Å². The Bertz CT molecular complexity index is 3450. The third-order valence-electron chi connectivity index (χ3n) is 12.6. The van der Waals surface area contributed by atoms with Gasteiger partial charge in [0, 0.05) is 157 Å². The first-order valence-corrected chi connectivity index (χ1v) is 50.3. The quantitative estimate of drug-likeness (QED) is 0.0161. The maximum atomic E-state index is 16.1. The maximum absolute atomic E-state index is 16.1. The van der Waals surface area contributed by atoms with Gasteiger partial charge in [0.15, 0.2) is 38.0 Å². The SMILES string of the molecule is C.CC(C)(C)SSCCCCO.CC(C)N(C(C)C)P(C)Cl.S=S=S=S=S=S=S=S.[2H]C[C@H]1O[C@@H](n2ccc(NC(=O)COc3ccccc3)nc2=O)[C@@H](F)C1O.[2H]C[C@H]1O[C@@H](n2ccc(NC(=O)COc3ccccc3)nc2=O)[C@@H](F)C1OP(OCCCCSSC(C)(C)C)N(C(C)C)C(C)C.[3H]OC.[3H]OC. The fraction of sp³-hybridized carbons (Fsp3) is 0.667. The molecule has 0 radical (unpaired) electrons. The summed E-state index contributed by atoms with van der Waals surface area (Å²) in [4.78, 5) is 56.9. The summed E-state index contributed by atoms with van der Waals surface area (Å²) in [6.07, 6.45) is -4.53. The number of rotatable bonds is 30. The Morgan fingerprint density at radius 3 is 1.43 bits per heavy atom. The highest BCUT2D eigenvalue weighted by molar-refractivity contribution is 8.77. The Labute approximate surface area is 678 Å². The van der Waals surface area contributed by atoms with Crippen molar-refractivity contribution in [3.8, 4) is 11.5 Å². The molecule has 2 amide bonds. The van der Waals surface area contributed by atoms with Gasteiger partial charge in [0.1, 0.15) is 35.3 Å². The smallest absolute Gasteiger partial charge is 0.351 e. The van der Waals surface area contributed by atoms with Crippen molar-refractivity contribution in [2.45, 2.75) is 227 Å². The van der Waals surface area contributed by atoms with E-state index in [0.29, 0.717) is 41.5 Å². The van der Waals surface area contributed by atoms with Crippen molar-refractivity contribution < 1.29 is 69.5 Å². The summed E-state index contributed by atoms with van der Waals surface area (Å²) in [6.45, 7) is 31.8. The molecule has 2 aliphatic rings. The monoisotopic (exact) mass is 1770 g/mol. The fourth-order valence-corrected chi connectivity index (χ4v) is 28.6. The van der Waals surface area contributed by atoms with Gasteiger partial charge >= 0.3 is 11.4 Å². The Morgan fingerprint density at radius 2 is 1.09 bits per heavy atom. The zero-order chi connectivity index (χ0) is 82.0. The van der Waals surface area contributed by atoms with E-state index in [4.69, 9.17) is 49.9 Å². The summed E-state index contributed by atoms with van der Waals surface area (Å²) >= 11 is 15.2. The van der Waals surface area contributed by atoms with Crippen molar-refractivity contribution in [1.29, 1.82) is 2.86 Å². The third kappa shape index (κ3) is 45.7. The van der Waals surface area contributed by atoms with Gasteiger partial charge in [0.05, 0.1) is 26.2 Å². The van der Waals surface area contributed by atoms with Crippen LogP contribution in [0.25, 0.3) is 0 Å². The first-order valence-electron chi connectivity index (χ1n) is 34.8. The minimum atomic E-state index is -1.86. The molecule has 6 rings (SSSR count). The van der Waals surface area contributed by atoms with Gasteiger partial charge < -0.3 is 59.1 Å². The van der Waals surface area contributed by atoms with Crippen molar-refractivity contribution in [1.82, 2.24) is 28.4 Å². The number of aliphatic hydroxyl groups excluding tert-OH is 4. The summed E-state index contributed by atoms with van der Waals surface area (Å²) in [6, 6.07) is 21.5. The Kier molecular flexibility index (Phi) is 56.0. The molecule has 2 aromatic carbocycles. The molecule has 4 unspecified atom stereocenters. The number of amides is 2. The maximum Gasteiger partial charge on any atom is 0.351 e. The van der Waals surface area contributed by atoms with E-state index in [-0.39, 0.29) is 62.9 Å². The molecule has 0 saturated carbocycles. The topological polar surface area (TPSA) is 271 Å². The molecular formula is C66H113ClF2N8O14P2S12. The van der Waals surface area contributed by atoms with Crippen LogP contribution in [0.3, 0.4) is 0 Å². The molecule has 0 bridgehead atoms. The number of benzene rings is 2. The molecule has 2 fully saturated rings. The molecular weight excluding hydrogens is 1650 g/mol. The second kappa shape index (κ2) is 60.2. The Morgan fingerprint density at radius 1 is 0.686 bits per heavy atom. The van der Waals surface area contributed by atoms with Gasteiger partial charge in [-0.05, 0) is 138 Å². The van der Waals surface area contributed by atoms with E-state index >= 15 is 4.39 Å². The van der Waals surface area contributed by atoms with Crippen LogP contribution < -0.4 is 31.5 Å². The van der Waals surface area contributed by atoms with Gasteiger partial charge in [-0.1, -0.05) is 140 Å². The molecule has 0 spiro atoms. The van der Waals surface area contributed by atoms with E-state index in [1.54, 1.807) is 84.1 Å². The number of para-hydroxylation sites is 2. The van der Waals surface area contributed by atoms with Gasteiger partial charge in [-0.3, -0.25) is 23.4 Å². The van der Waals surface area contributed by atoms with Crippen LogP contribution in [0.5, 0.6) is 11.5 Å². The van der Waals surface area contributed by atoms with Crippen molar-refractivity contribution in [2.24, 2.45) is 0 Å². The van der Waals surface area contributed by atoms with Crippen molar-refractivity contribution >= 4 is 169 Å². The summed E-state index contributed by atoms with van der Waals surface area (Å²) in [5, 5.41) is 30.1. The first kappa shape index (κ1) is 97.7. The molecule has 2 saturated heterocycles. The van der Waals surface area contributed by atoms with E-state index in [2.05, 4.69) is 138 Å². The molecule has 6 N–H and O–H groups in total. The molecule has 4 heterocycles. The zero-order valence-corrected chi connectivity index (χ0v) is 74.2. The number of hydrogen-bond acceptors (Lipinski definition) is 24. The Hall–Kier alpha value is -1.49. The number of anilines is 2. The summed E-state index contributed by atoms with van der Waals surface area (Å²) < 4.78 is 98.2.